The van der Waals surface area contributed by atoms with Gasteiger partial charge < -0.3 is 10.1 Å². The van der Waals surface area contributed by atoms with Crippen LogP contribution in [0.5, 0.6) is 0 Å². The maximum atomic E-state index is 11.9. The average molecular weight is 268 g/mol. The highest BCUT2D eigenvalue weighted by molar-refractivity contribution is 7.11. The molecule has 1 amide bonds. The first kappa shape index (κ1) is 13.5. The van der Waals surface area contributed by atoms with Crippen LogP contribution in [-0.2, 0) is 22.5 Å². The Kier molecular flexibility index (Phi) is 4.72. The molecule has 1 aromatic rings. The van der Waals surface area contributed by atoms with Crippen molar-refractivity contribution >= 4 is 17.2 Å². The van der Waals surface area contributed by atoms with Crippen LogP contribution >= 0.6 is 11.3 Å². The van der Waals surface area contributed by atoms with E-state index in [9.17, 15) is 4.79 Å². The fourth-order valence-electron chi connectivity index (χ4n) is 2.03. The van der Waals surface area contributed by atoms with E-state index in [2.05, 4.69) is 17.2 Å². The number of hydrogen-bond donors (Lipinski definition) is 1. The molecule has 18 heavy (non-hydrogen) atoms. The van der Waals surface area contributed by atoms with Crippen molar-refractivity contribution in [1.29, 1.82) is 0 Å². The van der Waals surface area contributed by atoms with Gasteiger partial charge in [0.25, 0.3) is 0 Å². The summed E-state index contributed by atoms with van der Waals surface area (Å²) in [6.07, 6.45) is 2.97. The van der Waals surface area contributed by atoms with E-state index in [1.807, 2.05) is 6.92 Å². The van der Waals surface area contributed by atoms with Crippen molar-refractivity contribution in [3.63, 3.8) is 0 Å². The number of ether oxygens (including phenoxy) is 1. The smallest absolute Gasteiger partial charge is 0.225 e. The minimum absolute atomic E-state index is 0.0355. The van der Waals surface area contributed by atoms with Gasteiger partial charge in [0, 0.05) is 11.5 Å². The van der Waals surface area contributed by atoms with E-state index in [1.54, 1.807) is 11.3 Å². The second-order valence-electron chi connectivity index (χ2n) is 4.64. The third kappa shape index (κ3) is 3.29. The van der Waals surface area contributed by atoms with Gasteiger partial charge in [-0.15, -0.1) is 11.3 Å². The Labute approximate surface area is 112 Å². The predicted molar refractivity (Wildman–Crippen MR) is 71.6 cm³/mol. The van der Waals surface area contributed by atoms with Crippen molar-refractivity contribution in [2.24, 2.45) is 5.92 Å². The van der Waals surface area contributed by atoms with Gasteiger partial charge in [-0.2, -0.15) is 0 Å². The van der Waals surface area contributed by atoms with Crippen molar-refractivity contribution in [2.75, 3.05) is 13.2 Å². The third-order valence-corrected chi connectivity index (χ3v) is 4.34. The summed E-state index contributed by atoms with van der Waals surface area (Å²) in [4.78, 5) is 17.5. The summed E-state index contributed by atoms with van der Waals surface area (Å²) in [6.45, 7) is 6.03. The van der Waals surface area contributed by atoms with Crippen molar-refractivity contribution in [3.05, 3.63) is 15.6 Å². The minimum atomic E-state index is 0.0355. The lowest BCUT2D eigenvalue weighted by atomic mass is 10.1. The largest absolute Gasteiger partial charge is 0.381 e. The summed E-state index contributed by atoms with van der Waals surface area (Å²) in [5.41, 5.74) is 1.05. The van der Waals surface area contributed by atoms with Crippen molar-refractivity contribution in [3.8, 4) is 0 Å². The minimum Gasteiger partial charge on any atom is -0.381 e. The molecule has 0 spiro atoms. The molecule has 1 aromatic heterocycles. The number of aromatic nitrogens is 1. The van der Waals surface area contributed by atoms with E-state index >= 15 is 0 Å². The molecule has 0 radical (unpaired) electrons. The van der Waals surface area contributed by atoms with Crippen LogP contribution in [0.4, 0.5) is 0 Å². The number of amides is 1. The lowest BCUT2D eigenvalue weighted by Gasteiger charge is -2.08. The van der Waals surface area contributed by atoms with Gasteiger partial charge in [0.05, 0.1) is 29.8 Å². The maximum Gasteiger partial charge on any atom is 0.225 e. The Balaban J connectivity index is 1.87. The summed E-state index contributed by atoms with van der Waals surface area (Å²) < 4.78 is 5.22. The Hall–Kier alpha value is -0.940. The standard InChI is InChI=1S/C13H20N2O2S/c1-3-4-12-15-9(2)11(18-12)7-14-13(16)10-5-6-17-8-10/h10H,3-8H2,1-2H3,(H,14,16). The predicted octanol–water partition coefficient (Wildman–Crippen LogP) is 2.06. The fourth-order valence-corrected chi connectivity index (χ4v) is 3.14. The quantitative estimate of drug-likeness (QED) is 0.889. The number of nitrogens with zero attached hydrogens (tertiary/aromatic N) is 1. The van der Waals surface area contributed by atoms with Crippen LogP contribution in [0.1, 0.15) is 35.3 Å². The summed E-state index contributed by atoms with van der Waals surface area (Å²) in [5.74, 6) is 0.144. The maximum absolute atomic E-state index is 11.9. The Morgan fingerprint density at radius 1 is 1.61 bits per heavy atom. The molecule has 4 nitrogen and oxygen atoms in total. The van der Waals surface area contributed by atoms with Crippen LogP contribution in [0.15, 0.2) is 0 Å². The molecule has 1 aliphatic rings. The number of hydrogen-bond acceptors (Lipinski definition) is 4. The summed E-state index contributed by atoms with van der Waals surface area (Å²) in [7, 11) is 0. The fraction of sp³-hybridized carbons (Fsp3) is 0.692. The van der Waals surface area contributed by atoms with Crippen molar-refractivity contribution < 1.29 is 9.53 Å². The van der Waals surface area contributed by atoms with Gasteiger partial charge in [0.1, 0.15) is 0 Å². The number of rotatable bonds is 5. The van der Waals surface area contributed by atoms with E-state index in [0.717, 1.165) is 25.0 Å². The SMILES string of the molecule is CCCc1nc(C)c(CNC(=O)C2CCOC2)s1. The highest BCUT2D eigenvalue weighted by atomic mass is 32.1. The molecule has 1 saturated heterocycles. The topological polar surface area (TPSA) is 51.2 Å². The van der Waals surface area contributed by atoms with E-state index in [0.29, 0.717) is 19.8 Å². The Morgan fingerprint density at radius 3 is 3.11 bits per heavy atom. The Morgan fingerprint density at radius 2 is 2.44 bits per heavy atom. The van der Waals surface area contributed by atoms with Gasteiger partial charge in [0.2, 0.25) is 5.91 Å². The first-order valence-corrected chi connectivity index (χ1v) is 7.33. The molecule has 1 N–H and O–H groups in total. The lowest BCUT2D eigenvalue weighted by molar-refractivity contribution is -0.125. The molecule has 0 saturated carbocycles. The van der Waals surface area contributed by atoms with E-state index in [-0.39, 0.29) is 11.8 Å². The highest BCUT2D eigenvalue weighted by Gasteiger charge is 2.23. The number of thiazole rings is 1. The number of carbonyl (C=O) groups excluding carboxylic acids is 1. The van der Waals surface area contributed by atoms with E-state index in [1.165, 1.54) is 9.88 Å². The molecule has 0 aliphatic carbocycles. The van der Waals surface area contributed by atoms with Crippen LogP contribution in [0, 0.1) is 12.8 Å². The molecule has 2 heterocycles. The molecule has 1 aliphatic heterocycles. The lowest BCUT2D eigenvalue weighted by Crippen LogP contribution is -2.30. The molecule has 2 rings (SSSR count). The summed E-state index contributed by atoms with van der Waals surface area (Å²) in [5, 5.41) is 4.16. The van der Waals surface area contributed by atoms with E-state index < -0.39 is 0 Å². The zero-order valence-electron chi connectivity index (χ0n) is 11.0. The highest BCUT2D eigenvalue weighted by Crippen LogP contribution is 2.19. The molecular weight excluding hydrogens is 248 g/mol. The van der Waals surface area contributed by atoms with Crippen molar-refractivity contribution in [1.82, 2.24) is 10.3 Å². The number of nitrogens with one attached hydrogen (secondary N) is 1. The molecule has 1 atom stereocenters. The number of carbonyl (C=O) groups is 1. The van der Waals surface area contributed by atoms with Gasteiger partial charge in [0.15, 0.2) is 0 Å². The van der Waals surface area contributed by atoms with Gasteiger partial charge >= 0.3 is 0 Å². The van der Waals surface area contributed by atoms with Crippen molar-refractivity contribution in [2.45, 2.75) is 39.7 Å². The second kappa shape index (κ2) is 6.29. The molecule has 0 aromatic carbocycles. The van der Waals surface area contributed by atoms with Crippen LogP contribution < -0.4 is 5.32 Å². The van der Waals surface area contributed by atoms with Gasteiger partial charge in [-0.1, -0.05) is 6.92 Å². The third-order valence-electron chi connectivity index (χ3n) is 3.12. The van der Waals surface area contributed by atoms with Crippen LogP contribution in [0.2, 0.25) is 0 Å². The zero-order chi connectivity index (χ0) is 13.0. The molecule has 1 unspecified atom stereocenters. The van der Waals surface area contributed by atoms with Crippen LogP contribution in [-0.4, -0.2) is 24.1 Å². The molecular formula is C13H20N2O2S. The number of aryl methyl sites for hydroxylation is 2. The second-order valence-corrected chi connectivity index (χ2v) is 5.81. The molecule has 0 bridgehead atoms. The monoisotopic (exact) mass is 268 g/mol. The van der Waals surface area contributed by atoms with Crippen LogP contribution in [0.25, 0.3) is 0 Å². The normalized spacial score (nSPS) is 19.1. The molecule has 5 heteroatoms. The van der Waals surface area contributed by atoms with E-state index in [4.69, 9.17) is 4.74 Å². The summed E-state index contributed by atoms with van der Waals surface area (Å²) >= 11 is 1.71. The van der Waals surface area contributed by atoms with Gasteiger partial charge in [-0.05, 0) is 26.2 Å². The van der Waals surface area contributed by atoms with Gasteiger partial charge in [-0.3, -0.25) is 4.79 Å². The molecule has 100 valence electrons. The average Bonchev–Trinajstić information content (AvgIpc) is 2.97. The molecule has 1 fully saturated rings. The summed E-state index contributed by atoms with van der Waals surface area (Å²) in [6, 6.07) is 0. The van der Waals surface area contributed by atoms with Crippen LogP contribution in [0.3, 0.4) is 0 Å². The first-order valence-electron chi connectivity index (χ1n) is 6.51. The van der Waals surface area contributed by atoms with Gasteiger partial charge in [-0.25, -0.2) is 4.98 Å². The zero-order valence-corrected chi connectivity index (χ0v) is 11.8. The Bertz CT molecular complexity index is 411. The first-order chi connectivity index (χ1) is 8.70.